The molecular formula is C11H15ClN2S. The van der Waals surface area contributed by atoms with Crippen LogP contribution < -0.4 is 10.6 Å². The van der Waals surface area contributed by atoms with E-state index in [0.29, 0.717) is 6.54 Å². The number of hydrogen-bond donors (Lipinski definition) is 1. The molecule has 2 nitrogen and oxygen atoms in total. The van der Waals surface area contributed by atoms with E-state index >= 15 is 0 Å². The molecule has 1 fully saturated rings. The molecule has 15 heavy (non-hydrogen) atoms. The molecule has 0 amide bonds. The lowest BCUT2D eigenvalue weighted by Gasteiger charge is -2.29. The summed E-state index contributed by atoms with van der Waals surface area (Å²) in [7, 11) is 0. The molecule has 0 atom stereocenters. The fourth-order valence-electron chi connectivity index (χ4n) is 1.74. The molecule has 0 spiro atoms. The van der Waals surface area contributed by atoms with E-state index in [4.69, 9.17) is 17.3 Å². The van der Waals surface area contributed by atoms with Gasteiger partial charge in [-0.3, -0.25) is 0 Å². The Hall–Kier alpha value is -0.380. The average molecular weight is 243 g/mol. The number of halogens is 1. The molecule has 0 aliphatic carbocycles. The zero-order chi connectivity index (χ0) is 10.7. The predicted molar refractivity (Wildman–Crippen MR) is 68.9 cm³/mol. The van der Waals surface area contributed by atoms with E-state index < -0.39 is 0 Å². The smallest absolute Gasteiger partial charge is 0.0642 e. The first kappa shape index (κ1) is 11.1. The molecule has 2 rings (SSSR count). The molecule has 1 saturated heterocycles. The van der Waals surface area contributed by atoms with E-state index in [9.17, 15) is 0 Å². The summed E-state index contributed by atoms with van der Waals surface area (Å²) in [6, 6.07) is 6.11. The quantitative estimate of drug-likeness (QED) is 0.864. The molecular weight excluding hydrogens is 228 g/mol. The third-order valence-electron chi connectivity index (χ3n) is 2.60. The molecule has 2 N–H and O–H groups in total. The zero-order valence-electron chi connectivity index (χ0n) is 8.58. The summed E-state index contributed by atoms with van der Waals surface area (Å²) in [6.45, 7) is 2.73. The van der Waals surface area contributed by atoms with Crippen molar-refractivity contribution < 1.29 is 0 Å². The molecule has 0 radical (unpaired) electrons. The summed E-state index contributed by atoms with van der Waals surface area (Å²) in [5, 5.41) is 0.824. The van der Waals surface area contributed by atoms with Gasteiger partial charge in [0, 0.05) is 31.1 Å². The van der Waals surface area contributed by atoms with Crippen molar-refractivity contribution in [2.75, 3.05) is 29.5 Å². The maximum absolute atomic E-state index is 6.24. The van der Waals surface area contributed by atoms with Gasteiger partial charge in [0.2, 0.25) is 0 Å². The van der Waals surface area contributed by atoms with Gasteiger partial charge in [-0.1, -0.05) is 17.7 Å². The highest BCUT2D eigenvalue weighted by molar-refractivity contribution is 7.99. The van der Waals surface area contributed by atoms with Gasteiger partial charge in [0.25, 0.3) is 0 Å². The van der Waals surface area contributed by atoms with Gasteiger partial charge < -0.3 is 10.6 Å². The minimum absolute atomic E-state index is 0.551. The largest absolute Gasteiger partial charge is 0.369 e. The Kier molecular flexibility index (Phi) is 3.78. The summed E-state index contributed by atoms with van der Waals surface area (Å²) in [4.78, 5) is 2.35. The second kappa shape index (κ2) is 5.10. The predicted octanol–water partition coefficient (Wildman–Crippen LogP) is 2.35. The number of anilines is 1. The minimum Gasteiger partial charge on any atom is -0.369 e. The van der Waals surface area contributed by atoms with Crippen molar-refractivity contribution in [1.29, 1.82) is 0 Å². The summed E-state index contributed by atoms with van der Waals surface area (Å²) in [5.41, 5.74) is 7.81. The van der Waals surface area contributed by atoms with Gasteiger partial charge in [0.1, 0.15) is 0 Å². The van der Waals surface area contributed by atoms with Crippen molar-refractivity contribution in [2.24, 2.45) is 5.73 Å². The minimum atomic E-state index is 0.551. The molecule has 1 aromatic carbocycles. The third-order valence-corrected chi connectivity index (χ3v) is 3.84. The average Bonchev–Trinajstić information content (AvgIpc) is 2.30. The summed E-state index contributed by atoms with van der Waals surface area (Å²) < 4.78 is 0. The van der Waals surface area contributed by atoms with Crippen LogP contribution in [0.3, 0.4) is 0 Å². The lowest BCUT2D eigenvalue weighted by molar-refractivity contribution is 0.858. The molecule has 1 heterocycles. The number of nitrogens with two attached hydrogens (primary N) is 1. The Morgan fingerprint density at radius 3 is 2.67 bits per heavy atom. The van der Waals surface area contributed by atoms with Crippen LogP contribution in [0.5, 0.6) is 0 Å². The monoisotopic (exact) mass is 242 g/mol. The molecule has 0 aromatic heterocycles. The Morgan fingerprint density at radius 1 is 1.33 bits per heavy atom. The standard InChI is InChI=1S/C11H15ClN2S/c12-10-7-9(8-13)1-2-11(10)14-3-5-15-6-4-14/h1-2,7H,3-6,8,13H2. The SMILES string of the molecule is NCc1ccc(N2CCSCC2)c(Cl)c1. The van der Waals surface area contributed by atoms with E-state index in [1.807, 2.05) is 17.8 Å². The van der Waals surface area contributed by atoms with Crippen LogP contribution in [0.25, 0.3) is 0 Å². The Morgan fingerprint density at radius 2 is 2.07 bits per heavy atom. The van der Waals surface area contributed by atoms with Crippen molar-refractivity contribution in [3.8, 4) is 0 Å². The highest BCUT2D eigenvalue weighted by Crippen LogP contribution is 2.28. The van der Waals surface area contributed by atoms with Crippen LogP contribution in [0.1, 0.15) is 5.56 Å². The number of thioether (sulfide) groups is 1. The van der Waals surface area contributed by atoms with Crippen molar-refractivity contribution in [3.05, 3.63) is 28.8 Å². The number of hydrogen-bond acceptors (Lipinski definition) is 3. The molecule has 0 unspecified atom stereocenters. The maximum atomic E-state index is 6.24. The van der Waals surface area contributed by atoms with Gasteiger partial charge in [-0.05, 0) is 17.7 Å². The molecule has 0 bridgehead atoms. The Balaban J connectivity index is 2.19. The van der Waals surface area contributed by atoms with Crippen molar-refractivity contribution >= 4 is 29.1 Å². The van der Waals surface area contributed by atoms with Crippen LogP contribution in [0.15, 0.2) is 18.2 Å². The Bertz CT molecular complexity index is 337. The highest BCUT2D eigenvalue weighted by Gasteiger charge is 2.13. The van der Waals surface area contributed by atoms with E-state index in [0.717, 1.165) is 29.4 Å². The first-order valence-corrected chi connectivity index (χ1v) is 6.65. The summed E-state index contributed by atoms with van der Waals surface area (Å²) >= 11 is 8.24. The fraction of sp³-hybridized carbons (Fsp3) is 0.455. The van der Waals surface area contributed by atoms with E-state index in [-0.39, 0.29) is 0 Å². The molecule has 0 saturated carbocycles. The van der Waals surface area contributed by atoms with Crippen LogP contribution in [0.2, 0.25) is 5.02 Å². The first-order chi connectivity index (χ1) is 7.31. The van der Waals surface area contributed by atoms with Crippen LogP contribution in [-0.2, 0) is 6.54 Å². The second-order valence-corrected chi connectivity index (χ2v) is 5.22. The maximum Gasteiger partial charge on any atom is 0.0642 e. The van der Waals surface area contributed by atoms with Crippen LogP contribution in [0.4, 0.5) is 5.69 Å². The van der Waals surface area contributed by atoms with E-state index in [1.165, 1.54) is 11.5 Å². The van der Waals surface area contributed by atoms with Gasteiger partial charge in [0.05, 0.1) is 10.7 Å². The lowest BCUT2D eigenvalue weighted by Crippen LogP contribution is -2.32. The molecule has 82 valence electrons. The Labute approximate surface area is 99.8 Å². The summed E-state index contributed by atoms with van der Waals surface area (Å²) in [6.07, 6.45) is 0. The van der Waals surface area contributed by atoms with Gasteiger partial charge in [-0.15, -0.1) is 0 Å². The zero-order valence-corrected chi connectivity index (χ0v) is 10.2. The number of nitrogens with zero attached hydrogens (tertiary/aromatic N) is 1. The van der Waals surface area contributed by atoms with Crippen molar-refractivity contribution in [2.45, 2.75) is 6.54 Å². The second-order valence-electron chi connectivity index (χ2n) is 3.59. The topological polar surface area (TPSA) is 29.3 Å². The van der Waals surface area contributed by atoms with Crippen LogP contribution in [-0.4, -0.2) is 24.6 Å². The highest BCUT2D eigenvalue weighted by atomic mass is 35.5. The number of benzene rings is 1. The van der Waals surface area contributed by atoms with Gasteiger partial charge in [0.15, 0.2) is 0 Å². The molecule has 1 aliphatic heterocycles. The molecule has 4 heteroatoms. The van der Waals surface area contributed by atoms with Gasteiger partial charge in [-0.2, -0.15) is 11.8 Å². The van der Waals surface area contributed by atoms with E-state index in [1.54, 1.807) is 0 Å². The fourth-order valence-corrected chi connectivity index (χ4v) is 2.96. The summed E-state index contributed by atoms with van der Waals surface area (Å²) in [5.74, 6) is 2.38. The van der Waals surface area contributed by atoms with E-state index in [2.05, 4.69) is 17.0 Å². The van der Waals surface area contributed by atoms with Gasteiger partial charge >= 0.3 is 0 Å². The third kappa shape index (κ3) is 2.60. The molecule has 1 aliphatic rings. The lowest BCUT2D eigenvalue weighted by atomic mass is 10.2. The van der Waals surface area contributed by atoms with Crippen LogP contribution in [0, 0.1) is 0 Å². The van der Waals surface area contributed by atoms with Gasteiger partial charge in [-0.25, -0.2) is 0 Å². The first-order valence-electron chi connectivity index (χ1n) is 5.12. The number of rotatable bonds is 2. The van der Waals surface area contributed by atoms with Crippen molar-refractivity contribution in [1.82, 2.24) is 0 Å². The van der Waals surface area contributed by atoms with Crippen LogP contribution >= 0.6 is 23.4 Å². The van der Waals surface area contributed by atoms with Crippen molar-refractivity contribution in [3.63, 3.8) is 0 Å². The molecule has 1 aromatic rings. The normalized spacial score (nSPS) is 16.8.